The zero-order valence-corrected chi connectivity index (χ0v) is 12.2. The Morgan fingerprint density at radius 1 is 1.26 bits per heavy atom. The van der Waals surface area contributed by atoms with Crippen molar-refractivity contribution in [2.75, 3.05) is 6.61 Å². The Morgan fingerprint density at radius 3 is 2.16 bits per heavy atom. The second kappa shape index (κ2) is 5.03. The van der Waals surface area contributed by atoms with E-state index in [9.17, 15) is 22.7 Å². The van der Waals surface area contributed by atoms with Crippen LogP contribution in [0, 0.1) is 5.82 Å². The van der Waals surface area contributed by atoms with Crippen LogP contribution < -0.4 is 9.92 Å². The highest BCUT2D eigenvalue weighted by atomic mass is 28.3. The van der Waals surface area contributed by atoms with E-state index in [0.29, 0.717) is 5.19 Å². The average Bonchev–Trinajstić information content (AvgIpc) is 2.18. The van der Waals surface area contributed by atoms with E-state index in [4.69, 9.17) is 4.74 Å². The molecular formula is C12H16F4O2Si. The van der Waals surface area contributed by atoms with Crippen LogP contribution in [0.15, 0.2) is 6.07 Å². The molecule has 108 valence electrons. The van der Waals surface area contributed by atoms with Crippen LogP contribution in [-0.2, 0) is 6.18 Å². The van der Waals surface area contributed by atoms with Gasteiger partial charge in [-0.05, 0) is 18.2 Å². The van der Waals surface area contributed by atoms with Crippen molar-refractivity contribution in [3.63, 3.8) is 0 Å². The molecule has 0 aromatic heterocycles. The first-order valence-electron chi connectivity index (χ1n) is 5.76. The van der Waals surface area contributed by atoms with Crippen LogP contribution in [0.25, 0.3) is 0 Å². The van der Waals surface area contributed by atoms with Gasteiger partial charge in [0.25, 0.3) is 0 Å². The third-order valence-corrected chi connectivity index (χ3v) is 4.57. The Hall–Kier alpha value is -1.24. The van der Waals surface area contributed by atoms with Crippen molar-refractivity contribution in [2.24, 2.45) is 0 Å². The van der Waals surface area contributed by atoms with Gasteiger partial charge in [-0.15, -0.1) is 0 Å². The summed E-state index contributed by atoms with van der Waals surface area (Å²) in [5.74, 6) is -3.02. The van der Waals surface area contributed by atoms with Crippen molar-refractivity contribution in [2.45, 2.75) is 32.7 Å². The van der Waals surface area contributed by atoms with Gasteiger partial charge in [-0.25, -0.2) is 4.39 Å². The lowest BCUT2D eigenvalue weighted by Gasteiger charge is -2.23. The predicted molar refractivity (Wildman–Crippen MR) is 67.2 cm³/mol. The van der Waals surface area contributed by atoms with Crippen molar-refractivity contribution in [3.8, 4) is 11.5 Å². The van der Waals surface area contributed by atoms with Crippen LogP contribution in [0.3, 0.4) is 0 Å². The molecule has 19 heavy (non-hydrogen) atoms. The first-order valence-corrected chi connectivity index (χ1v) is 9.26. The second-order valence-electron chi connectivity index (χ2n) is 5.14. The molecular weight excluding hydrogens is 280 g/mol. The normalized spacial score (nSPS) is 12.6. The number of ether oxygens (including phenoxy) is 1. The minimum atomic E-state index is -4.96. The summed E-state index contributed by atoms with van der Waals surface area (Å²) in [6.45, 7) is 7.11. The number of phenols is 1. The van der Waals surface area contributed by atoms with Crippen molar-refractivity contribution in [3.05, 3.63) is 17.4 Å². The summed E-state index contributed by atoms with van der Waals surface area (Å²) >= 11 is 0. The Bertz CT molecular complexity index is 478. The molecule has 0 aliphatic carbocycles. The first kappa shape index (κ1) is 15.8. The largest absolute Gasteiger partial charge is 0.507 e. The van der Waals surface area contributed by atoms with Gasteiger partial charge >= 0.3 is 6.18 Å². The SMILES string of the molecule is CCOc1c([Si](C)(C)C)cc(O)c(C(F)(F)F)c1F. The molecule has 0 heterocycles. The van der Waals surface area contributed by atoms with E-state index in [-0.39, 0.29) is 6.61 Å². The molecule has 2 nitrogen and oxygen atoms in total. The van der Waals surface area contributed by atoms with E-state index in [1.807, 2.05) is 19.6 Å². The minimum absolute atomic E-state index is 0.0521. The van der Waals surface area contributed by atoms with Crippen LogP contribution in [0.2, 0.25) is 19.6 Å². The maximum absolute atomic E-state index is 14.0. The Labute approximate surface area is 110 Å². The fourth-order valence-corrected chi connectivity index (χ4v) is 3.16. The van der Waals surface area contributed by atoms with E-state index >= 15 is 0 Å². The molecule has 1 aromatic carbocycles. The van der Waals surface area contributed by atoms with Crippen LogP contribution >= 0.6 is 0 Å². The van der Waals surface area contributed by atoms with Gasteiger partial charge in [0, 0.05) is 0 Å². The number of phenolic OH excluding ortho intramolecular Hbond substituents is 1. The lowest BCUT2D eigenvalue weighted by molar-refractivity contribution is -0.141. The number of benzene rings is 1. The number of hydrogen-bond donors (Lipinski definition) is 1. The number of hydrogen-bond acceptors (Lipinski definition) is 2. The number of alkyl halides is 3. The van der Waals surface area contributed by atoms with E-state index in [1.165, 1.54) is 0 Å². The minimum Gasteiger partial charge on any atom is -0.507 e. The summed E-state index contributed by atoms with van der Waals surface area (Å²) < 4.78 is 57.2. The quantitative estimate of drug-likeness (QED) is 0.683. The highest BCUT2D eigenvalue weighted by Gasteiger charge is 2.41. The molecule has 0 spiro atoms. The molecule has 0 radical (unpaired) electrons. The topological polar surface area (TPSA) is 29.5 Å². The van der Waals surface area contributed by atoms with Gasteiger partial charge in [0.1, 0.15) is 11.3 Å². The standard InChI is InChI=1S/C12H16F4O2Si/c1-5-18-11-8(19(2,3)4)6-7(17)9(10(11)13)12(14,15)16/h6,17H,5H2,1-4H3. The lowest BCUT2D eigenvalue weighted by atomic mass is 10.1. The van der Waals surface area contributed by atoms with Crippen molar-refractivity contribution in [1.82, 2.24) is 0 Å². The zero-order valence-electron chi connectivity index (χ0n) is 11.2. The molecule has 0 fully saturated rings. The van der Waals surface area contributed by atoms with E-state index in [2.05, 4.69) is 0 Å². The van der Waals surface area contributed by atoms with Crippen molar-refractivity contribution < 1.29 is 27.4 Å². The Kier molecular flexibility index (Phi) is 4.19. The van der Waals surface area contributed by atoms with Crippen LogP contribution in [-0.4, -0.2) is 19.8 Å². The van der Waals surface area contributed by atoms with Crippen LogP contribution in [0.1, 0.15) is 12.5 Å². The van der Waals surface area contributed by atoms with E-state index < -0.39 is 37.1 Å². The van der Waals surface area contributed by atoms with Crippen molar-refractivity contribution >= 4 is 13.3 Å². The molecule has 0 amide bonds. The molecule has 7 heteroatoms. The number of rotatable bonds is 3. The molecule has 0 bridgehead atoms. The number of halogens is 4. The van der Waals surface area contributed by atoms with E-state index in [1.54, 1.807) is 6.92 Å². The second-order valence-corrected chi connectivity index (χ2v) is 10.2. The number of aromatic hydroxyl groups is 1. The summed E-state index contributed by atoms with van der Waals surface area (Å²) in [5, 5.41) is 9.80. The monoisotopic (exact) mass is 296 g/mol. The van der Waals surface area contributed by atoms with E-state index in [0.717, 1.165) is 6.07 Å². The third kappa shape index (κ3) is 3.20. The summed E-state index contributed by atoms with van der Waals surface area (Å²) in [4.78, 5) is 0. The zero-order chi connectivity index (χ0) is 15.0. The maximum Gasteiger partial charge on any atom is 0.422 e. The molecule has 0 aliphatic rings. The summed E-state index contributed by atoms with van der Waals surface area (Å²) in [7, 11) is -2.15. The van der Waals surface area contributed by atoms with Gasteiger partial charge in [-0.1, -0.05) is 19.6 Å². The highest BCUT2D eigenvalue weighted by Crippen LogP contribution is 2.40. The maximum atomic E-state index is 14.0. The van der Waals surface area contributed by atoms with Gasteiger partial charge in [0.05, 0.1) is 14.7 Å². The Morgan fingerprint density at radius 2 is 1.79 bits per heavy atom. The van der Waals surface area contributed by atoms with Gasteiger partial charge < -0.3 is 9.84 Å². The lowest BCUT2D eigenvalue weighted by Crippen LogP contribution is -2.39. The van der Waals surface area contributed by atoms with Gasteiger partial charge in [0.2, 0.25) is 0 Å². The summed E-state index contributed by atoms with van der Waals surface area (Å²) in [6.07, 6.45) is -4.96. The highest BCUT2D eigenvalue weighted by molar-refractivity contribution is 6.89. The molecule has 0 aliphatic heterocycles. The molecule has 1 rings (SSSR count). The van der Waals surface area contributed by atoms with Gasteiger partial charge in [-0.2, -0.15) is 13.2 Å². The fraction of sp³-hybridized carbons (Fsp3) is 0.500. The smallest absolute Gasteiger partial charge is 0.422 e. The van der Waals surface area contributed by atoms with Crippen LogP contribution in [0.4, 0.5) is 17.6 Å². The van der Waals surface area contributed by atoms with Crippen molar-refractivity contribution in [1.29, 1.82) is 0 Å². The van der Waals surface area contributed by atoms with Gasteiger partial charge in [-0.3, -0.25) is 0 Å². The molecule has 0 unspecified atom stereocenters. The molecule has 1 aromatic rings. The average molecular weight is 296 g/mol. The first-order chi connectivity index (χ1) is 8.50. The van der Waals surface area contributed by atoms with Gasteiger partial charge in [0.15, 0.2) is 11.6 Å². The summed E-state index contributed by atoms with van der Waals surface area (Å²) in [6, 6.07) is 0.975. The predicted octanol–water partition coefficient (Wildman–Crippen LogP) is 3.49. The molecule has 0 saturated carbocycles. The molecule has 0 saturated heterocycles. The molecule has 0 atom stereocenters. The van der Waals surface area contributed by atoms with Crippen LogP contribution in [0.5, 0.6) is 11.5 Å². The third-order valence-electron chi connectivity index (χ3n) is 2.58. The molecule has 1 N–H and O–H groups in total. The summed E-state index contributed by atoms with van der Waals surface area (Å²) in [5.41, 5.74) is -1.67. The Balaban J connectivity index is 3.64. The fourth-order valence-electron chi connectivity index (χ4n) is 1.73.